The number of ether oxygens (including phenoxy) is 1. The van der Waals surface area contributed by atoms with Crippen LogP contribution in [0.1, 0.15) is 12.7 Å². The highest BCUT2D eigenvalue weighted by molar-refractivity contribution is 5.95. The van der Waals surface area contributed by atoms with Crippen molar-refractivity contribution in [3.05, 3.63) is 54.4 Å². The van der Waals surface area contributed by atoms with Gasteiger partial charge in [0, 0.05) is 6.92 Å². The first-order valence-corrected chi connectivity index (χ1v) is 8.37. The average Bonchev–Trinajstić information content (AvgIpc) is 3.08. The van der Waals surface area contributed by atoms with Gasteiger partial charge in [0.25, 0.3) is 5.91 Å². The second kappa shape index (κ2) is 6.51. The number of amides is 2. The van der Waals surface area contributed by atoms with Gasteiger partial charge in [0.15, 0.2) is 6.10 Å². The second-order valence-electron chi connectivity index (χ2n) is 6.12. The SMILES string of the molecule is CC(=O)N1CC(C(=O)NCc2nc3ccccc3[nH]2)Oc2ccccc21. The van der Waals surface area contributed by atoms with Crippen LogP contribution in [0.3, 0.4) is 0 Å². The first-order chi connectivity index (χ1) is 12.6. The first-order valence-electron chi connectivity index (χ1n) is 8.37. The van der Waals surface area contributed by atoms with E-state index in [4.69, 9.17) is 4.74 Å². The van der Waals surface area contributed by atoms with Gasteiger partial charge in [-0.15, -0.1) is 0 Å². The Morgan fingerprint density at radius 3 is 2.81 bits per heavy atom. The Bertz CT molecular complexity index is 949. The quantitative estimate of drug-likeness (QED) is 0.756. The molecule has 0 fully saturated rings. The van der Waals surface area contributed by atoms with E-state index in [1.807, 2.05) is 36.4 Å². The Balaban J connectivity index is 1.47. The van der Waals surface area contributed by atoms with E-state index >= 15 is 0 Å². The smallest absolute Gasteiger partial charge is 0.263 e. The maximum Gasteiger partial charge on any atom is 0.263 e. The lowest BCUT2D eigenvalue weighted by Gasteiger charge is -2.33. The number of aromatic nitrogens is 2. The minimum atomic E-state index is -0.766. The third kappa shape index (κ3) is 2.99. The van der Waals surface area contributed by atoms with Gasteiger partial charge in [0.1, 0.15) is 11.6 Å². The predicted octanol–water partition coefficient (Wildman–Crippen LogP) is 1.99. The van der Waals surface area contributed by atoms with Crippen LogP contribution in [0, 0.1) is 0 Å². The van der Waals surface area contributed by atoms with Crippen molar-refractivity contribution in [2.45, 2.75) is 19.6 Å². The molecule has 2 heterocycles. The third-order valence-corrected chi connectivity index (χ3v) is 4.31. The summed E-state index contributed by atoms with van der Waals surface area (Å²) in [5.41, 5.74) is 2.45. The molecule has 2 aromatic carbocycles. The van der Waals surface area contributed by atoms with E-state index in [1.165, 1.54) is 6.92 Å². The van der Waals surface area contributed by atoms with Crippen molar-refractivity contribution in [3.8, 4) is 5.75 Å². The summed E-state index contributed by atoms with van der Waals surface area (Å²) >= 11 is 0. The number of nitrogens with one attached hydrogen (secondary N) is 2. The zero-order valence-electron chi connectivity index (χ0n) is 14.2. The Morgan fingerprint density at radius 2 is 2.00 bits per heavy atom. The Labute approximate surface area is 150 Å². The number of carbonyl (C=O) groups excluding carboxylic acids is 2. The molecule has 132 valence electrons. The number of aromatic amines is 1. The molecule has 4 rings (SSSR count). The van der Waals surface area contributed by atoms with Crippen molar-refractivity contribution in [1.82, 2.24) is 15.3 Å². The zero-order chi connectivity index (χ0) is 18.1. The average molecular weight is 350 g/mol. The van der Waals surface area contributed by atoms with Crippen molar-refractivity contribution >= 4 is 28.5 Å². The third-order valence-electron chi connectivity index (χ3n) is 4.31. The molecule has 0 saturated carbocycles. The number of hydrogen-bond donors (Lipinski definition) is 2. The summed E-state index contributed by atoms with van der Waals surface area (Å²) in [5, 5.41) is 2.82. The standard InChI is InChI=1S/C19H18N4O3/c1-12(24)23-11-17(26-16-9-5-4-8-15(16)23)19(25)20-10-18-21-13-6-2-3-7-14(13)22-18/h2-9,17H,10-11H2,1H3,(H,20,25)(H,21,22). The van der Waals surface area contributed by atoms with E-state index in [0.717, 1.165) is 11.0 Å². The van der Waals surface area contributed by atoms with Crippen LogP contribution in [-0.4, -0.2) is 34.4 Å². The predicted molar refractivity (Wildman–Crippen MR) is 96.8 cm³/mol. The monoisotopic (exact) mass is 350 g/mol. The fourth-order valence-electron chi connectivity index (χ4n) is 3.04. The molecule has 1 aromatic heterocycles. The first kappa shape index (κ1) is 16.1. The highest BCUT2D eigenvalue weighted by atomic mass is 16.5. The number of fused-ring (bicyclic) bond motifs is 2. The van der Waals surface area contributed by atoms with Crippen LogP contribution in [-0.2, 0) is 16.1 Å². The lowest BCUT2D eigenvalue weighted by atomic mass is 10.1. The summed E-state index contributed by atoms with van der Waals surface area (Å²) in [4.78, 5) is 33.6. The maximum absolute atomic E-state index is 12.5. The van der Waals surface area contributed by atoms with E-state index < -0.39 is 6.10 Å². The normalized spacial score (nSPS) is 16.0. The summed E-state index contributed by atoms with van der Waals surface area (Å²) in [7, 11) is 0. The van der Waals surface area contributed by atoms with Crippen LogP contribution in [0.4, 0.5) is 5.69 Å². The summed E-state index contributed by atoms with van der Waals surface area (Å²) < 4.78 is 5.78. The topological polar surface area (TPSA) is 87.3 Å². The fourth-order valence-corrected chi connectivity index (χ4v) is 3.04. The van der Waals surface area contributed by atoms with Crippen LogP contribution in [0.15, 0.2) is 48.5 Å². The molecule has 1 aliphatic rings. The second-order valence-corrected chi connectivity index (χ2v) is 6.12. The van der Waals surface area contributed by atoms with Crippen molar-refractivity contribution in [3.63, 3.8) is 0 Å². The molecule has 0 spiro atoms. The maximum atomic E-state index is 12.5. The number of imidazole rings is 1. The van der Waals surface area contributed by atoms with Gasteiger partial charge in [-0.3, -0.25) is 9.59 Å². The lowest BCUT2D eigenvalue weighted by molar-refractivity contribution is -0.128. The van der Waals surface area contributed by atoms with E-state index in [0.29, 0.717) is 17.3 Å². The number of benzene rings is 2. The molecule has 2 amide bonds. The van der Waals surface area contributed by atoms with Gasteiger partial charge >= 0.3 is 0 Å². The molecule has 1 atom stereocenters. The highest BCUT2D eigenvalue weighted by Gasteiger charge is 2.32. The van der Waals surface area contributed by atoms with Crippen LogP contribution < -0.4 is 15.0 Å². The Kier molecular flexibility index (Phi) is 4.04. The molecular weight excluding hydrogens is 332 g/mol. The Morgan fingerprint density at radius 1 is 1.23 bits per heavy atom. The zero-order valence-corrected chi connectivity index (χ0v) is 14.2. The van der Waals surface area contributed by atoms with Crippen molar-refractivity contribution < 1.29 is 14.3 Å². The number of nitrogens with zero attached hydrogens (tertiary/aromatic N) is 2. The van der Waals surface area contributed by atoms with Gasteiger partial charge < -0.3 is 19.9 Å². The van der Waals surface area contributed by atoms with Crippen molar-refractivity contribution in [2.75, 3.05) is 11.4 Å². The number of H-pyrrole nitrogens is 1. The molecule has 2 N–H and O–H groups in total. The summed E-state index contributed by atoms with van der Waals surface area (Å²) in [6.07, 6.45) is -0.766. The van der Waals surface area contributed by atoms with E-state index in [-0.39, 0.29) is 24.9 Å². The number of carbonyl (C=O) groups is 2. The number of rotatable bonds is 3. The molecule has 0 aliphatic carbocycles. The van der Waals surface area contributed by atoms with Crippen LogP contribution in [0.5, 0.6) is 5.75 Å². The van der Waals surface area contributed by atoms with Gasteiger partial charge in [-0.2, -0.15) is 0 Å². The Hall–Kier alpha value is -3.35. The molecular formula is C19H18N4O3. The van der Waals surface area contributed by atoms with Gasteiger partial charge in [-0.05, 0) is 24.3 Å². The van der Waals surface area contributed by atoms with Crippen LogP contribution in [0.2, 0.25) is 0 Å². The summed E-state index contributed by atoms with van der Waals surface area (Å²) in [6, 6.07) is 14.9. The largest absolute Gasteiger partial charge is 0.477 e. The molecule has 0 saturated heterocycles. The molecule has 1 unspecified atom stereocenters. The minimum Gasteiger partial charge on any atom is -0.477 e. The number of hydrogen-bond acceptors (Lipinski definition) is 4. The van der Waals surface area contributed by atoms with Crippen molar-refractivity contribution in [2.24, 2.45) is 0 Å². The van der Waals surface area contributed by atoms with E-state index in [2.05, 4.69) is 15.3 Å². The molecule has 3 aromatic rings. The molecule has 1 aliphatic heterocycles. The fraction of sp³-hybridized carbons (Fsp3) is 0.211. The van der Waals surface area contributed by atoms with Crippen molar-refractivity contribution in [1.29, 1.82) is 0 Å². The summed E-state index contributed by atoms with van der Waals surface area (Å²) in [6.45, 7) is 1.92. The van der Waals surface area contributed by atoms with Crippen LogP contribution >= 0.6 is 0 Å². The molecule has 26 heavy (non-hydrogen) atoms. The number of anilines is 1. The number of para-hydroxylation sites is 4. The molecule has 0 bridgehead atoms. The molecule has 7 heteroatoms. The van der Waals surface area contributed by atoms with E-state index in [9.17, 15) is 9.59 Å². The minimum absolute atomic E-state index is 0.129. The van der Waals surface area contributed by atoms with Gasteiger partial charge in [-0.25, -0.2) is 4.98 Å². The van der Waals surface area contributed by atoms with Crippen LogP contribution in [0.25, 0.3) is 11.0 Å². The highest BCUT2D eigenvalue weighted by Crippen LogP contribution is 2.33. The lowest BCUT2D eigenvalue weighted by Crippen LogP contribution is -2.50. The van der Waals surface area contributed by atoms with Gasteiger partial charge in [0.2, 0.25) is 5.91 Å². The van der Waals surface area contributed by atoms with Gasteiger partial charge in [-0.1, -0.05) is 24.3 Å². The summed E-state index contributed by atoms with van der Waals surface area (Å²) in [5.74, 6) is 0.777. The van der Waals surface area contributed by atoms with E-state index in [1.54, 1.807) is 17.0 Å². The molecule has 0 radical (unpaired) electrons. The van der Waals surface area contributed by atoms with Gasteiger partial charge in [0.05, 0.1) is 29.8 Å². The molecule has 7 nitrogen and oxygen atoms in total.